The van der Waals surface area contributed by atoms with Gasteiger partial charge in [0, 0.05) is 5.39 Å². The topological polar surface area (TPSA) is 48.9 Å². The van der Waals surface area contributed by atoms with Gasteiger partial charge in [0.25, 0.3) is 0 Å². The minimum atomic E-state index is -0.542. The second-order valence-electron chi connectivity index (χ2n) is 8.90. The number of H-pyrrole nitrogens is 1. The van der Waals surface area contributed by atoms with Crippen LogP contribution < -0.4 is 0 Å². The molecular weight excluding hydrogens is 308 g/mol. The largest absolute Gasteiger partial charge is 0.389 e. The number of aromatic nitrogens is 2. The van der Waals surface area contributed by atoms with E-state index in [0.717, 1.165) is 31.6 Å². The molecule has 5 atom stereocenters. The third kappa shape index (κ3) is 1.93. The summed E-state index contributed by atoms with van der Waals surface area (Å²) in [7, 11) is 0. The molecule has 0 aliphatic heterocycles. The molecule has 2 N–H and O–H groups in total. The van der Waals surface area contributed by atoms with Crippen LogP contribution in [-0.2, 0) is 6.42 Å². The van der Waals surface area contributed by atoms with Crippen molar-refractivity contribution in [2.45, 2.75) is 63.4 Å². The number of nitrogens with one attached hydrogen (secondary N) is 1. The van der Waals surface area contributed by atoms with Crippen molar-refractivity contribution >= 4 is 10.9 Å². The maximum atomic E-state index is 11.4. The lowest BCUT2D eigenvalue weighted by Gasteiger charge is -2.53. The predicted molar refractivity (Wildman–Crippen MR) is 100 cm³/mol. The van der Waals surface area contributed by atoms with E-state index in [9.17, 15) is 5.11 Å². The zero-order chi connectivity index (χ0) is 17.2. The molecule has 1 heterocycles. The monoisotopic (exact) mass is 336 g/mol. The van der Waals surface area contributed by atoms with E-state index in [0.29, 0.717) is 11.8 Å². The maximum Gasteiger partial charge on any atom is 0.0738 e. The number of hydrogen-bond donors (Lipinski definition) is 2. The molecule has 3 aliphatic carbocycles. The van der Waals surface area contributed by atoms with E-state index < -0.39 is 5.60 Å². The van der Waals surface area contributed by atoms with Gasteiger partial charge >= 0.3 is 0 Å². The van der Waals surface area contributed by atoms with Crippen molar-refractivity contribution in [1.29, 1.82) is 0 Å². The summed E-state index contributed by atoms with van der Waals surface area (Å²) >= 11 is 0. The average Bonchev–Trinajstić information content (AvgIpc) is 3.18. The fourth-order valence-electron chi connectivity index (χ4n) is 6.79. The third-order valence-corrected chi connectivity index (χ3v) is 8.14. The quantitative estimate of drug-likeness (QED) is 0.779. The molecule has 3 nitrogen and oxygen atoms in total. The lowest BCUT2D eigenvalue weighted by atomic mass is 9.53. The molecule has 0 spiro atoms. The minimum absolute atomic E-state index is 0.0552. The smallest absolute Gasteiger partial charge is 0.0738 e. The van der Waals surface area contributed by atoms with E-state index in [2.05, 4.69) is 35.8 Å². The van der Waals surface area contributed by atoms with Gasteiger partial charge in [0.15, 0.2) is 0 Å². The summed E-state index contributed by atoms with van der Waals surface area (Å²) < 4.78 is 0. The van der Waals surface area contributed by atoms with Crippen LogP contribution in [0.1, 0.15) is 62.5 Å². The van der Waals surface area contributed by atoms with Gasteiger partial charge in [0.1, 0.15) is 0 Å². The van der Waals surface area contributed by atoms with Crippen molar-refractivity contribution in [3.05, 3.63) is 42.1 Å². The van der Waals surface area contributed by atoms with Gasteiger partial charge in [-0.3, -0.25) is 5.10 Å². The van der Waals surface area contributed by atoms with Gasteiger partial charge in [-0.15, -0.1) is 6.58 Å². The van der Waals surface area contributed by atoms with Crippen molar-refractivity contribution in [1.82, 2.24) is 10.2 Å². The first kappa shape index (κ1) is 15.6. The SMILES string of the molecule is C=CC[C@]1(O)CCC2C3CCc4c(ccc5[nH]ncc45)C3CC[C@@]21C. The fourth-order valence-corrected chi connectivity index (χ4v) is 6.79. The standard InChI is InChI=1S/C22H28N2O/c1-3-10-22(25)12-9-19-17-5-4-15-14(16(17)8-11-21(19,22)2)6-7-20-18(15)13-23-24-20/h3,6-7,13,16-17,19,25H,1,4-5,8-12H2,2H3,(H,23,24)/t16?,17?,19?,21-,22-/m0/s1. The zero-order valence-corrected chi connectivity index (χ0v) is 15.1. The predicted octanol–water partition coefficient (Wildman–Crippen LogP) is 4.73. The highest BCUT2D eigenvalue weighted by Gasteiger charge is 2.60. The first-order chi connectivity index (χ1) is 12.1. The van der Waals surface area contributed by atoms with Crippen LogP contribution in [0, 0.1) is 17.3 Å². The van der Waals surface area contributed by atoms with Crippen molar-refractivity contribution in [2.75, 3.05) is 0 Å². The van der Waals surface area contributed by atoms with Crippen molar-refractivity contribution in [2.24, 2.45) is 17.3 Å². The zero-order valence-electron chi connectivity index (χ0n) is 15.1. The molecule has 0 amide bonds. The van der Waals surface area contributed by atoms with Crippen molar-refractivity contribution in [3.8, 4) is 0 Å². The Morgan fingerprint density at radius 3 is 3.04 bits per heavy atom. The molecule has 0 saturated heterocycles. The summed E-state index contributed by atoms with van der Waals surface area (Å²) in [5, 5.41) is 20.0. The van der Waals surface area contributed by atoms with Crippen molar-refractivity contribution in [3.63, 3.8) is 0 Å². The van der Waals surface area contributed by atoms with E-state index >= 15 is 0 Å². The molecule has 2 fully saturated rings. The molecule has 2 aromatic rings. The summed E-state index contributed by atoms with van der Waals surface area (Å²) in [6.45, 7) is 6.26. The normalized spacial score (nSPS) is 39.7. The summed E-state index contributed by atoms with van der Waals surface area (Å²) in [6.07, 6.45) is 11.5. The van der Waals surface area contributed by atoms with Gasteiger partial charge < -0.3 is 5.11 Å². The van der Waals surface area contributed by atoms with Crippen molar-refractivity contribution < 1.29 is 5.11 Å². The number of fused-ring (bicyclic) bond motifs is 7. The van der Waals surface area contributed by atoms with Gasteiger partial charge in [0.2, 0.25) is 0 Å². The highest BCUT2D eigenvalue weighted by molar-refractivity contribution is 5.83. The van der Waals surface area contributed by atoms with Gasteiger partial charge in [0.05, 0.1) is 17.3 Å². The Hall–Kier alpha value is -1.61. The Labute approximate surface area is 149 Å². The Morgan fingerprint density at radius 2 is 2.20 bits per heavy atom. The molecule has 132 valence electrons. The lowest BCUT2D eigenvalue weighted by molar-refractivity contribution is -0.100. The van der Waals surface area contributed by atoms with Gasteiger partial charge in [-0.05, 0) is 85.3 Å². The molecular formula is C22H28N2O. The van der Waals surface area contributed by atoms with Crippen LogP contribution in [0.4, 0.5) is 0 Å². The highest BCUT2D eigenvalue weighted by atomic mass is 16.3. The molecule has 3 heteroatoms. The molecule has 25 heavy (non-hydrogen) atoms. The molecule has 2 saturated carbocycles. The van der Waals surface area contributed by atoms with Gasteiger partial charge in [-0.2, -0.15) is 5.10 Å². The number of hydrogen-bond acceptors (Lipinski definition) is 2. The molecule has 3 aliphatic rings. The van der Waals surface area contributed by atoms with Crippen LogP contribution in [0.3, 0.4) is 0 Å². The number of benzene rings is 1. The molecule has 1 aromatic heterocycles. The van der Waals surface area contributed by atoms with Crippen LogP contribution in [-0.4, -0.2) is 20.9 Å². The van der Waals surface area contributed by atoms with Gasteiger partial charge in [-0.25, -0.2) is 0 Å². The Bertz CT molecular complexity index is 840. The van der Waals surface area contributed by atoms with Crippen LogP contribution in [0.5, 0.6) is 0 Å². The molecule has 1 aromatic carbocycles. The Kier molecular flexibility index (Phi) is 3.25. The molecule has 3 unspecified atom stereocenters. The number of aromatic amines is 1. The van der Waals surface area contributed by atoms with Crippen LogP contribution in [0.2, 0.25) is 0 Å². The number of nitrogens with zero attached hydrogens (tertiary/aromatic N) is 1. The van der Waals surface area contributed by atoms with E-state index in [4.69, 9.17) is 0 Å². The van der Waals surface area contributed by atoms with Crippen LogP contribution in [0.15, 0.2) is 31.0 Å². The summed E-state index contributed by atoms with van der Waals surface area (Å²) in [5.74, 6) is 2.02. The van der Waals surface area contributed by atoms with E-state index in [1.807, 2.05) is 12.3 Å². The van der Waals surface area contributed by atoms with Crippen LogP contribution in [0.25, 0.3) is 10.9 Å². The van der Waals surface area contributed by atoms with E-state index in [1.165, 1.54) is 35.7 Å². The average molecular weight is 336 g/mol. The first-order valence-corrected chi connectivity index (χ1v) is 9.85. The number of aryl methyl sites for hydroxylation is 1. The maximum absolute atomic E-state index is 11.4. The van der Waals surface area contributed by atoms with E-state index in [1.54, 1.807) is 5.56 Å². The van der Waals surface area contributed by atoms with E-state index in [-0.39, 0.29) is 5.41 Å². The number of rotatable bonds is 2. The van der Waals surface area contributed by atoms with Gasteiger partial charge in [-0.1, -0.05) is 19.1 Å². The number of aliphatic hydroxyl groups is 1. The summed E-state index contributed by atoms with van der Waals surface area (Å²) in [4.78, 5) is 0. The third-order valence-electron chi connectivity index (χ3n) is 8.14. The Balaban J connectivity index is 1.54. The molecule has 0 radical (unpaired) electrons. The summed E-state index contributed by atoms with van der Waals surface area (Å²) in [6, 6.07) is 4.56. The van der Waals surface area contributed by atoms with Crippen LogP contribution >= 0.6 is 0 Å². The molecule has 0 bridgehead atoms. The molecule has 5 rings (SSSR count). The fraction of sp³-hybridized carbons (Fsp3) is 0.591. The second kappa shape index (κ2) is 5.20. The Morgan fingerprint density at radius 1 is 1.32 bits per heavy atom. The summed E-state index contributed by atoms with van der Waals surface area (Å²) in [5.41, 5.74) is 3.76. The first-order valence-electron chi connectivity index (χ1n) is 9.85. The second-order valence-corrected chi connectivity index (χ2v) is 8.90. The minimum Gasteiger partial charge on any atom is -0.389 e. The lowest BCUT2D eigenvalue weighted by Crippen LogP contribution is -2.50. The highest BCUT2D eigenvalue weighted by Crippen LogP contribution is 2.65.